The van der Waals surface area contributed by atoms with E-state index in [2.05, 4.69) is 15.5 Å². The fourth-order valence-electron chi connectivity index (χ4n) is 2.85. The van der Waals surface area contributed by atoms with Crippen LogP contribution in [0.3, 0.4) is 0 Å². The Morgan fingerprint density at radius 3 is 2.70 bits per heavy atom. The zero-order valence-corrected chi connectivity index (χ0v) is 15.2. The van der Waals surface area contributed by atoms with Gasteiger partial charge in [-0.2, -0.15) is 5.10 Å². The van der Waals surface area contributed by atoms with Gasteiger partial charge in [-0.05, 0) is 5.56 Å². The van der Waals surface area contributed by atoms with Crippen LogP contribution in [0.15, 0.2) is 51.9 Å². The Labute approximate surface area is 157 Å². The highest BCUT2D eigenvalue weighted by Gasteiger charge is 2.23. The number of hydrazone groups is 1. The number of aromatic nitrogens is 2. The van der Waals surface area contributed by atoms with Crippen LogP contribution in [0.4, 0.5) is 0 Å². The normalized spacial score (nSPS) is 14.3. The monoisotopic (exact) mass is 381 g/mol. The average Bonchev–Trinajstić information content (AvgIpc) is 3.12. The number of carbonyl (C=O) groups excluding carboxylic acids is 2. The molecular weight excluding hydrogens is 366 g/mol. The quantitative estimate of drug-likeness (QED) is 0.748. The predicted molar refractivity (Wildman–Crippen MR) is 103 cm³/mol. The molecule has 2 aromatic heterocycles. The van der Waals surface area contributed by atoms with Gasteiger partial charge in [-0.25, -0.2) is 14.7 Å². The second-order valence-electron chi connectivity index (χ2n) is 6.02. The molecule has 1 aliphatic rings. The maximum absolute atomic E-state index is 12.9. The van der Waals surface area contributed by atoms with Gasteiger partial charge in [0.05, 0.1) is 5.39 Å². The Morgan fingerprint density at radius 1 is 1.19 bits per heavy atom. The van der Waals surface area contributed by atoms with Crippen LogP contribution in [0.25, 0.3) is 21.3 Å². The van der Waals surface area contributed by atoms with E-state index in [1.165, 1.54) is 24.7 Å². The van der Waals surface area contributed by atoms with Gasteiger partial charge in [-0.1, -0.05) is 30.3 Å². The SMILES string of the molecule is CN1N=C(C(=O)Nn2cnc3scc(-c4ccccc4)c3c2=O)CCC1=O. The van der Waals surface area contributed by atoms with Crippen molar-refractivity contribution >= 4 is 39.1 Å². The highest BCUT2D eigenvalue weighted by molar-refractivity contribution is 7.17. The first-order chi connectivity index (χ1) is 13.0. The number of benzene rings is 1. The highest BCUT2D eigenvalue weighted by Crippen LogP contribution is 2.30. The lowest BCUT2D eigenvalue weighted by atomic mass is 10.1. The maximum atomic E-state index is 12.9. The molecule has 2 amide bonds. The zero-order chi connectivity index (χ0) is 19.0. The van der Waals surface area contributed by atoms with E-state index >= 15 is 0 Å². The first kappa shape index (κ1) is 17.1. The molecule has 27 heavy (non-hydrogen) atoms. The summed E-state index contributed by atoms with van der Waals surface area (Å²) in [7, 11) is 1.49. The van der Waals surface area contributed by atoms with Crippen molar-refractivity contribution in [3.8, 4) is 11.1 Å². The molecule has 9 heteroatoms. The summed E-state index contributed by atoms with van der Waals surface area (Å²) in [4.78, 5) is 41.7. The van der Waals surface area contributed by atoms with Crippen molar-refractivity contribution in [2.75, 3.05) is 12.5 Å². The van der Waals surface area contributed by atoms with Gasteiger partial charge in [0.2, 0.25) is 5.91 Å². The first-order valence-electron chi connectivity index (χ1n) is 8.24. The molecule has 3 aromatic rings. The number of fused-ring (bicyclic) bond motifs is 1. The summed E-state index contributed by atoms with van der Waals surface area (Å²) < 4.78 is 1.06. The molecule has 4 rings (SSSR count). The minimum atomic E-state index is -0.533. The summed E-state index contributed by atoms with van der Waals surface area (Å²) in [5.74, 6) is -0.688. The molecule has 0 bridgehead atoms. The standard InChI is InChI=1S/C18H15N5O3S/c1-22-14(24)8-7-13(20-22)16(25)21-23-10-19-17-15(18(23)26)12(9-27-17)11-5-3-2-4-6-11/h2-6,9-10H,7-8H2,1H3,(H,21,25). The minimum Gasteiger partial charge on any atom is -0.273 e. The van der Waals surface area contributed by atoms with Crippen molar-refractivity contribution in [2.45, 2.75) is 12.8 Å². The van der Waals surface area contributed by atoms with Crippen LogP contribution >= 0.6 is 11.3 Å². The van der Waals surface area contributed by atoms with Gasteiger partial charge in [0.15, 0.2) is 0 Å². The van der Waals surface area contributed by atoms with Crippen molar-refractivity contribution in [1.82, 2.24) is 14.7 Å². The molecule has 8 nitrogen and oxygen atoms in total. The van der Waals surface area contributed by atoms with Crippen LogP contribution in [0.5, 0.6) is 0 Å². The fraction of sp³-hybridized carbons (Fsp3) is 0.167. The molecule has 0 saturated carbocycles. The third-order valence-corrected chi connectivity index (χ3v) is 5.16. The van der Waals surface area contributed by atoms with Gasteiger partial charge < -0.3 is 0 Å². The Kier molecular flexibility index (Phi) is 4.28. The molecule has 1 aliphatic heterocycles. The van der Waals surface area contributed by atoms with Crippen LogP contribution in [-0.4, -0.2) is 39.2 Å². The molecule has 0 saturated heterocycles. The number of nitrogens with one attached hydrogen (secondary N) is 1. The Bertz CT molecular complexity index is 1130. The predicted octanol–water partition coefficient (Wildman–Crippen LogP) is 1.80. The van der Waals surface area contributed by atoms with Crippen molar-refractivity contribution in [1.29, 1.82) is 0 Å². The number of hydrogen-bond acceptors (Lipinski definition) is 6. The van der Waals surface area contributed by atoms with Crippen LogP contribution < -0.4 is 11.0 Å². The van der Waals surface area contributed by atoms with Crippen LogP contribution in [0, 0.1) is 0 Å². The summed E-state index contributed by atoms with van der Waals surface area (Å²) in [6.45, 7) is 0. The van der Waals surface area contributed by atoms with Gasteiger partial charge in [0.1, 0.15) is 16.9 Å². The molecule has 136 valence electrons. The summed E-state index contributed by atoms with van der Waals surface area (Å²) in [5.41, 5.74) is 4.02. The van der Waals surface area contributed by atoms with Crippen molar-refractivity contribution in [2.24, 2.45) is 5.10 Å². The Hall–Kier alpha value is -3.33. The van der Waals surface area contributed by atoms with Gasteiger partial charge in [-0.15, -0.1) is 11.3 Å². The lowest BCUT2D eigenvalue weighted by molar-refractivity contribution is -0.130. The van der Waals surface area contributed by atoms with E-state index in [0.717, 1.165) is 20.8 Å². The van der Waals surface area contributed by atoms with E-state index < -0.39 is 5.91 Å². The van der Waals surface area contributed by atoms with Crippen LogP contribution in [-0.2, 0) is 9.59 Å². The van der Waals surface area contributed by atoms with Gasteiger partial charge in [-0.3, -0.25) is 19.8 Å². The molecule has 1 N–H and O–H groups in total. The lowest BCUT2D eigenvalue weighted by Gasteiger charge is -2.19. The molecule has 1 aromatic carbocycles. The maximum Gasteiger partial charge on any atom is 0.286 e. The molecule has 0 fully saturated rings. The number of amides is 2. The summed E-state index contributed by atoms with van der Waals surface area (Å²) >= 11 is 1.37. The third kappa shape index (κ3) is 3.13. The van der Waals surface area contributed by atoms with Gasteiger partial charge in [0, 0.05) is 30.8 Å². The lowest BCUT2D eigenvalue weighted by Crippen LogP contribution is -2.40. The second kappa shape index (κ2) is 6.76. The molecule has 0 radical (unpaired) electrons. The van der Waals surface area contributed by atoms with Crippen molar-refractivity contribution in [3.63, 3.8) is 0 Å². The van der Waals surface area contributed by atoms with Crippen LogP contribution in [0.2, 0.25) is 0 Å². The topological polar surface area (TPSA) is 96.7 Å². The number of hydrogen-bond donors (Lipinski definition) is 1. The summed E-state index contributed by atoms with van der Waals surface area (Å²) in [6.07, 6.45) is 1.72. The number of rotatable bonds is 3. The Balaban J connectivity index is 1.70. The zero-order valence-electron chi connectivity index (χ0n) is 14.4. The molecule has 0 aliphatic carbocycles. The van der Waals surface area contributed by atoms with Gasteiger partial charge >= 0.3 is 0 Å². The number of nitrogens with zero attached hydrogens (tertiary/aromatic N) is 4. The second-order valence-corrected chi connectivity index (χ2v) is 6.88. The van der Waals surface area contributed by atoms with E-state index in [-0.39, 0.29) is 30.0 Å². The smallest absolute Gasteiger partial charge is 0.273 e. The molecule has 0 atom stereocenters. The molecular formula is C18H15N5O3S. The van der Waals surface area contributed by atoms with Gasteiger partial charge in [0.25, 0.3) is 11.5 Å². The minimum absolute atomic E-state index is 0.155. The highest BCUT2D eigenvalue weighted by atomic mass is 32.1. The largest absolute Gasteiger partial charge is 0.286 e. The van der Waals surface area contributed by atoms with E-state index in [0.29, 0.717) is 10.2 Å². The van der Waals surface area contributed by atoms with Crippen molar-refractivity contribution in [3.05, 3.63) is 52.4 Å². The summed E-state index contributed by atoms with van der Waals surface area (Å²) in [5, 5.41) is 7.43. The summed E-state index contributed by atoms with van der Waals surface area (Å²) in [6, 6.07) is 9.53. The molecule has 3 heterocycles. The van der Waals surface area contributed by atoms with Crippen LogP contribution in [0.1, 0.15) is 12.8 Å². The fourth-order valence-corrected chi connectivity index (χ4v) is 3.76. The molecule has 0 unspecified atom stereocenters. The Morgan fingerprint density at radius 2 is 1.96 bits per heavy atom. The van der Waals surface area contributed by atoms with E-state index in [9.17, 15) is 14.4 Å². The van der Waals surface area contributed by atoms with E-state index in [1.54, 1.807) is 0 Å². The number of carbonyl (C=O) groups is 2. The number of thiophene rings is 1. The van der Waals surface area contributed by atoms with Crippen molar-refractivity contribution < 1.29 is 9.59 Å². The average molecular weight is 381 g/mol. The third-order valence-electron chi connectivity index (χ3n) is 4.27. The van der Waals surface area contributed by atoms with E-state index in [1.807, 2.05) is 35.7 Å². The molecule has 0 spiro atoms. The van der Waals surface area contributed by atoms with E-state index in [4.69, 9.17) is 0 Å². The first-order valence-corrected chi connectivity index (χ1v) is 9.12.